The first kappa shape index (κ1) is 19.0. The van der Waals surface area contributed by atoms with Crippen molar-refractivity contribution < 1.29 is 14.1 Å². The smallest absolute Gasteiger partial charge is 0.273 e. The molecule has 28 heavy (non-hydrogen) atoms. The minimum Gasteiger partial charge on any atom is -0.455 e. The number of nitrogens with one attached hydrogen (secondary N) is 1. The van der Waals surface area contributed by atoms with E-state index in [1.165, 1.54) is 12.3 Å². The summed E-state index contributed by atoms with van der Waals surface area (Å²) in [5.41, 5.74) is 5.71. The summed E-state index contributed by atoms with van der Waals surface area (Å²) in [6.07, 6.45) is 1.62. The summed E-state index contributed by atoms with van der Waals surface area (Å²) in [5, 5.41) is 15.0. The van der Waals surface area contributed by atoms with Gasteiger partial charge in [0, 0.05) is 17.2 Å². The summed E-state index contributed by atoms with van der Waals surface area (Å²) in [7, 11) is 0. The average molecular weight is 377 g/mol. The molecule has 0 unspecified atom stereocenters. The van der Waals surface area contributed by atoms with Gasteiger partial charge in [0.2, 0.25) is 5.91 Å². The van der Waals surface area contributed by atoms with Crippen molar-refractivity contribution in [2.24, 2.45) is 5.10 Å². The molecular weight excluding hydrogens is 358 g/mol. The summed E-state index contributed by atoms with van der Waals surface area (Å²) < 4.78 is 5.63. The number of carbonyl (C=O) groups is 1. The van der Waals surface area contributed by atoms with Crippen LogP contribution in [0, 0.1) is 24.0 Å². The van der Waals surface area contributed by atoms with Gasteiger partial charge in [0.15, 0.2) is 0 Å². The topological polar surface area (TPSA) is 97.7 Å². The van der Waals surface area contributed by atoms with E-state index in [4.69, 9.17) is 4.42 Å². The van der Waals surface area contributed by atoms with Crippen LogP contribution in [0.4, 0.5) is 5.69 Å². The molecule has 0 aliphatic heterocycles. The quantitative estimate of drug-likeness (QED) is 0.396. The van der Waals surface area contributed by atoms with Crippen LogP contribution in [0.15, 0.2) is 64.1 Å². The first-order valence-electron chi connectivity index (χ1n) is 8.65. The fraction of sp³-hybridized carbons (Fsp3) is 0.143. The zero-order chi connectivity index (χ0) is 20.1. The maximum absolute atomic E-state index is 11.9. The number of hydrogen-bond donors (Lipinski definition) is 1. The lowest BCUT2D eigenvalue weighted by Crippen LogP contribution is -2.19. The van der Waals surface area contributed by atoms with E-state index in [9.17, 15) is 14.9 Å². The minimum atomic E-state index is -0.423. The second-order valence-electron chi connectivity index (χ2n) is 6.42. The van der Waals surface area contributed by atoms with Crippen LogP contribution in [0.25, 0.3) is 11.3 Å². The third-order valence-corrected chi connectivity index (χ3v) is 4.18. The van der Waals surface area contributed by atoms with E-state index in [0.717, 1.165) is 11.1 Å². The third-order valence-electron chi connectivity index (χ3n) is 4.18. The molecule has 7 heteroatoms. The van der Waals surface area contributed by atoms with Gasteiger partial charge in [-0.25, -0.2) is 5.43 Å². The number of nitro groups is 1. The Bertz CT molecular complexity index is 1040. The van der Waals surface area contributed by atoms with Crippen LogP contribution < -0.4 is 5.43 Å². The molecule has 1 aromatic heterocycles. The van der Waals surface area contributed by atoms with E-state index in [0.29, 0.717) is 22.6 Å². The highest BCUT2D eigenvalue weighted by Crippen LogP contribution is 2.27. The number of amides is 1. The SMILES string of the molecule is Cc1ccc(CC(=O)N/N=C\c2ccc(-c3ccc(C)c([N+](=O)[O-])c3)o2)cc1. The molecule has 1 N–H and O–H groups in total. The number of rotatable bonds is 6. The lowest BCUT2D eigenvalue weighted by molar-refractivity contribution is -0.385. The van der Waals surface area contributed by atoms with E-state index in [-0.39, 0.29) is 18.0 Å². The normalized spacial score (nSPS) is 10.9. The summed E-state index contributed by atoms with van der Waals surface area (Å²) >= 11 is 0. The highest BCUT2D eigenvalue weighted by atomic mass is 16.6. The number of hydrazone groups is 1. The number of carbonyl (C=O) groups excluding carboxylic acids is 1. The molecule has 0 radical (unpaired) electrons. The molecule has 1 heterocycles. The highest BCUT2D eigenvalue weighted by molar-refractivity contribution is 5.82. The van der Waals surface area contributed by atoms with Crippen molar-refractivity contribution in [2.45, 2.75) is 20.3 Å². The van der Waals surface area contributed by atoms with E-state index in [1.807, 2.05) is 31.2 Å². The number of hydrogen-bond acceptors (Lipinski definition) is 5. The van der Waals surface area contributed by atoms with Crippen LogP contribution in [0.3, 0.4) is 0 Å². The number of benzene rings is 2. The first-order valence-corrected chi connectivity index (χ1v) is 8.65. The molecule has 0 saturated heterocycles. The molecule has 0 saturated carbocycles. The fourth-order valence-corrected chi connectivity index (χ4v) is 2.64. The van der Waals surface area contributed by atoms with Gasteiger partial charge in [0.05, 0.1) is 17.6 Å². The molecule has 0 aliphatic carbocycles. The Hall–Kier alpha value is -3.74. The van der Waals surface area contributed by atoms with Crippen LogP contribution in [0.1, 0.15) is 22.5 Å². The van der Waals surface area contributed by atoms with Gasteiger partial charge in [-0.3, -0.25) is 14.9 Å². The Labute approximate surface area is 161 Å². The average Bonchev–Trinajstić information content (AvgIpc) is 3.12. The summed E-state index contributed by atoms with van der Waals surface area (Å²) in [4.78, 5) is 22.6. The minimum absolute atomic E-state index is 0.0347. The first-order chi connectivity index (χ1) is 13.4. The van der Waals surface area contributed by atoms with Crippen molar-refractivity contribution in [1.29, 1.82) is 0 Å². The zero-order valence-corrected chi connectivity index (χ0v) is 15.5. The summed E-state index contributed by atoms with van der Waals surface area (Å²) in [6.45, 7) is 3.67. The van der Waals surface area contributed by atoms with E-state index in [2.05, 4.69) is 10.5 Å². The molecule has 0 bridgehead atoms. The molecule has 1 amide bonds. The van der Waals surface area contributed by atoms with Gasteiger partial charge in [0.1, 0.15) is 11.5 Å². The number of aryl methyl sites for hydroxylation is 2. The van der Waals surface area contributed by atoms with Gasteiger partial charge >= 0.3 is 0 Å². The van der Waals surface area contributed by atoms with E-state index < -0.39 is 4.92 Å². The third kappa shape index (κ3) is 4.70. The van der Waals surface area contributed by atoms with Crippen molar-refractivity contribution in [3.05, 3.63) is 87.2 Å². The molecule has 0 aliphatic rings. The number of nitro benzene ring substituents is 1. The number of nitrogens with zero attached hydrogens (tertiary/aromatic N) is 2. The van der Waals surface area contributed by atoms with Crippen molar-refractivity contribution in [3.8, 4) is 11.3 Å². The Morgan fingerprint density at radius 3 is 2.61 bits per heavy atom. The molecule has 3 rings (SSSR count). The fourth-order valence-electron chi connectivity index (χ4n) is 2.64. The lowest BCUT2D eigenvalue weighted by atomic mass is 10.1. The molecule has 0 fully saturated rings. The molecule has 2 aromatic carbocycles. The predicted molar refractivity (Wildman–Crippen MR) is 106 cm³/mol. The van der Waals surface area contributed by atoms with Gasteiger partial charge in [-0.1, -0.05) is 42.0 Å². The summed E-state index contributed by atoms with van der Waals surface area (Å²) in [5.74, 6) is 0.672. The van der Waals surface area contributed by atoms with Crippen molar-refractivity contribution in [2.75, 3.05) is 0 Å². The standard InChI is InChI=1S/C21H19N3O4/c1-14-3-6-16(7-4-14)11-21(25)23-22-13-18-9-10-20(28-18)17-8-5-15(2)19(12-17)24(26)27/h3-10,12-13H,11H2,1-2H3,(H,23,25)/b22-13-. The van der Waals surface area contributed by atoms with Crippen molar-refractivity contribution >= 4 is 17.8 Å². The van der Waals surface area contributed by atoms with Crippen molar-refractivity contribution in [1.82, 2.24) is 5.43 Å². The molecule has 7 nitrogen and oxygen atoms in total. The Morgan fingerprint density at radius 1 is 1.14 bits per heavy atom. The second kappa shape index (κ2) is 8.30. The van der Waals surface area contributed by atoms with Gasteiger partial charge < -0.3 is 4.42 Å². The monoisotopic (exact) mass is 377 g/mol. The molecular formula is C21H19N3O4. The maximum atomic E-state index is 11.9. The van der Waals surface area contributed by atoms with Gasteiger partial charge in [-0.2, -0.15) is 5.10 Å². The molecule has 142 valence electrons. The van der Waals surface area contributed by atoms with Crippen LogP contribution in [0.5, 0.6) is 0 Å². The molecule has 3 aromatic rings. The Kier molecular flexibility index (Phi) is 5.64. The second-order valence-corrected chi connectivity index (χ2v) is 6.42. The van der Waals surface area contributed by atoms with Crippen molar-refractivity contribution in [3.63, 3.8) is 0 Å². The van der Waals surface area contributed by atoms with E-state index >= 15 is 0 Å². The van der Waals surface area contributed by atoms with Gasteiger partial charge in [-0.15, -0.1) is 0 Å². The molecule has 0 atom stereocenters. The highest BCUT2D eigenvalue weighted by Gasteiger charge is 2.13. The molecule has 0 spiro atoms. The maximum Gasteiger partial charge on any atom is 0.273 e. The number of furan rings is 1. The van der Waals surface area contributed by atoms with Crippen LogP contribution >= 0.6 is 0 Å². The predicted octanol–water partition coefficient (Wildman–Crippen LogP) is 4.16. The van der Waals surface area contributed by atoms with Gasteiger partial charge in [-0.05, 0) is 31.5 Å². The largest absolute Gasteiger partial charge is 0.455 e. The Balaban J connectivity index is 1.62. The zero-order valence-electron chi connectivity index (χ0n) is 15.5. The van der Waals surface area contributed by atoms with Gasteiger partial charge in [0.25, 0.3) is 5.69 Å². The van der Waals surface area contributed by atoms with E-state index in [1.54, 1.807) is 31.2 Å². The van der Waals surface area contributed by atoms with Crippen LogP contribution in [-0.4, -0.2) is 17.0 Å². The van der Waals surface area contributed by atoms with Crippen LogP contribution in [0.2, 0.25) is 0 Å². The summed E-state index contributed by atoms with van der Waals surface area (Å²) in [6, 6.07) is 16.0. The Morgan fingerprint density at radius 2 is 1.89 bits per heavy atom. The van der Waals surface area contributed by atoms with Crippen LogP contribution in [-0.2, 0) is 11.2 Å². The lowest BCUT2D eigenvalue weighted by Gasteiger charge is -2.01.